The van der Waals surface area contributed by atoms with Crippen molar-refractivity contribution in [2.75, 3.05) is 19.5 Å². The van der Waals surface area contributed by atoms with Gasteiger partial charge in [0.1, 0.15) is 5.25 Å². The number of rotatable bonds is 7. The molecule has 1 fully saturated rings. The van der Waals surface area contributed by atoms with Crippen LogP contribution in [0.5, 0.6) is 11.5 Å². The molecule has 0 bridgehead atoms. The van der Waals surface area contributed by atoms with Crippen LogP contribution in [-0.2, 0) is 9.59 Å². The van der Waals surface area contributed by atoms with Gasteiger partial charge in [0.2, 0.25) is 11.8 Å². The minimum absolute atomic E-state index is 0.000150. The summed E-state index contributed by atoms with van der Waals surface area (Å²) >= 11 is 7.16. The normalized spacial score (nSPS) is 17.3. The topological polar surface area (TPSA) is 101 Å². The molecule has 10 heteroatoms. The first-order valence-electron chi connectivity index (χ1n) is 9.69. The number of nitrogens with one attached hydrogen (secondary N) is 2. The number of amidine groups is 1. The zero-order valence-corrected chi connectivity index (χ0v) is 19.6. The Morgan fingerprint density at radius 3 is 2.66 bits per heavy atom. The van der Waals surface area contributed by atoms with Crippen molar-refractivity contribution in [2.24, 2.45) is 10.2 Å². The van der Waals surface area contributed by atoms with Gasteiger partial charge in [0, 0.05) is 22.7 Å². The van der Waals surface area contributed by atoms with Gasteiger partial charge in [-0.2, -0.15) is 5.10 Å². The van der Waals surface area contributed by atoms with Crippen molar-refractivity contribution < 1.29 is 19.1 Å². The van der Waals surface area contributed by atoms with Crippen LogP contribution >= 0.6 is 23.4 Å². The summed E-state index contributed by atoms with van der Waals surface area (Å²) < 4.78 is 10.5. The van der Waals surface area contributed by atoms with E-state index in [1.54, 1.807) is 45.4 Å². The molecule has 0 aliphatic carbocycles. The van der Waals surface area contributed by atoms with Crippen molar-refractivity contribution in [3.63, 3.8) is 0 Å². The molecule has 168 valence electrons. The van der Waals surface area contributed by atoms with Crippen LogP contribution < -0.4 is 20.1 Å². The summed E-state index contributed by atoms with van der Waals surface area (Å²) in [6, 6.07) is 10.7. The third-order valence-electron chi connectivity index (χ3n) is 4.71. The molecule has 0 spiro atoms. The second kappa shape index (κ2) is 10.5. The predicted octanol–water partition coefficient (Wildman–Crippen LogP) is 4.01. The molecule has 2 aromatic carbocycles. The van der Waals surface area contributed by atoms with Gasteiger partial charge in [0.25, 0.3) is 0 Å². The summed E-state index contributed by atoms with van der Waals surface area (Å²) in [4.78, 5) is 24.7. The summed E-state index contributed by atoms with van der Waals surface area (Å²) in [6.45, 7) is 3.66. The molecule has 1 atom stereocenters. The van der Waals surface area contributed by atoms with E-state index >= 15 is 0 Å². The number of halogens is 1. The zero-order chi connectivity index (χ0) is 23.3. The zero-order valence-electron chi connectivity index (χ0n) is 18.1. The highest BCUT2D eigenvalue weighted by molar-refractivity contribution is 8.15. The van der Waals surface area contributed by atoms with E-state index in [2.05, 4.69) is 20.8 Å². The monoisotopic (exact) mass is 474 g/mol. The minimum Gasteiger partial charge on any atom is -0.493 e. The Kier molecular flexibility index (Phi) is 7.76. The summed E-state index contributed by atoms with van der Waals surface area (Å²) in [5, 5.41) is 14.1. The molecule has 1 unspecified atom stereocenters. The lowest BCUT2D eigenvalue weighted by molar-refractivity contribution is -0.122. The van der Waals surface area contributed by atoms with E-state index in [0.717, 1.165) is 11.1 Å². The fourth-order valence-corrected chi connectivity index (χ4v) is 4.01. The van der Waals surface area contributed by atoms with E-state index in [-0.39, 0.29) is 18.2 Å². The van der Waals surface area contributed by atoms with Gasteiger partial charge in [0.05, 0.1) is 19.9 Å². The number of nitrogens with zero attached hydrogens (tertiary/aromatic N) is 2. The van der Waals surface area contributed by atoms with Crippen LogP contribution in [-0.4, -0.2) is 42.2 Å². The molecule has 0 aromatic heterocycles. The number of carbonyl (C=O) groups excluding carboxylic acids is 2. The quantitative estimate of drug-likeness (QED) is 0.466. The summed E-state index contributed by atoms with van der Waals surface area (Å²) in [6.07, 6.45) is -0.000150. The smallest absolute Gasteiger partial charge is 0.240 e. The first kappa shape index (κ1) is 23.6. The van der Waals surface area contributed by atoms with Crippen molar-refractivity contribution in [1.82, 2.24) is 5.32 Å². The van der Waals surface area contributed by atoms with Crippen LogP contribution in [0.2, 0.25) is 5.02 Å². The van der Waals surface area contributed by atoms with Gasteiger partial charge in [-0.05, 0) is 49.7 Å². The number of aryl methyl sites for hydroxylation is 1. The van der Waals surface area contributed by atoms with Gasteiger partial charge in [-0.25, -0.2) is 0 Å². The molecule has 0 saturated carbocycles. The standard InChI is InChI=1S/C22H23ClN4O4S/c1-12-5-7-15(23)10-16(12)24-20(28)11-19-21(29)25-22(32-19)27-26-13(2)14-6-8-17(30-3)18(9-14)31-4/h5-10,19H,11H2,1-4H3,(H,24,28)(H,25,27,29). The van der Waals surface area contributed by atoms with Gasteiger partial charge < -0.3 is 20.1 Å². The number of carbonyl (C=O) groups is 2. The van der Waals surface area contributed by atoms with Gasteiger partial charge in [-0.15, -0.1) is 5.10 Å². The van der Waals surface area contributed by atoms with Crippen molar-refractivity contribution in [3.05, 3.63) is 52.5 Å². The van der Waals surface area contributed by atoms with Crippen LogP contribution in [0.1, 0.15) is 24.5 Å². The molecule has 0 radical (unpaired) electrons. The third kappa shape index (κ3) is 5.80. The van der Waals surface area contributed by atoms with Crippen LogP contribution in [0.15, 0.2) is 46.6 Å². The second-order valence-corrected chi connectivity index (χ2v) is 8.60. The number of ether oxygens (including phenoxy) is 2. The lowest BCUT2D eigenvalue weighted by Crippen LogP contribution is -2.28. The number of methoxy groups -OCH3 is 2. The largest absolute Gasteiger partial charge is 0.493 e. The molecule has 2 N–H and O–H groups in total. The fourth-order valence-electron chi connectivity index (χ4n) is 2.92. The number of anilines is 1. The van der Waals surface area contributed by atoms with Crippen molar-refractivity contribution in [3.8, 4) is 11.5 Å². The van der Waals surface area contributed by atoms with Gasteiger partial charge >= 0.3 is 0 Å². The fraction of sp³-hybridized carbons (Fsp3) is 0.273. The molecule has 32 heavy (non-hydrogen) atoms. The third-order valence-corrected chi connectivity index (χ3v) is 6.02. The minimum atomic E-state index is -0.593. The highest BCUT2D eigenvalue weighted by atomic mass is 35.5. The number of amides is 2. The van der Waals surface area contributed by atoms with Crippen LogP contribution in [0, 0.1) is 6.92 Å². The summed E-state index contributed by atoms with van der Waals surface area (Å²) in [5.74, 6) is 0.625. The highest BCUT2D eigenvalue weighted by Crippen LogP contribution is 2.28. The van der Waals surface area contributed by atoms with E-state index < -0.39 is 5.25 Å². The van der Waals surface area contributed by atoms with Crippen molar-refractivity contribution in [2.45, 2.75) is 25.5 Å². The molecule has 3 rings (SSSR count). The van der Waals surface area contributed by atoms with E-state index in [1.165, 1.54) is 11.8 Å². The Morgan fingerprint density at radius 1 is 1.19 bits per heavy atom. The second-order valence-electron chi connectivity index (χ2n) is 6.97. The molecule has 1 aliphatic heterocycles. The SMILES string of the molecule is COc1ccc(C(C)=NN=C2NC(=O)C(CC(=O)Nc3cc(Cl)ccc3C)S2)cc1OC. The van der Waals surface area contributed by atoms with E-state index in [0.29, 0.717) is 33.1 Å². The average molecular weight is 475 g/mol. The van der Waals surface area contributed by atoms with Crippen molar-refractivity contribution >= 4 is 51.7 Å². The summed E-state index contributed by atoms with van der Waals surface area (Å²) in [5.41, 5.74) is 2.93. The lowest BCUT2D eigenvalue weighted by atomic mass is 10.1. The predicted molar refractivity (Wildman–Crippen MR) is 128 cm³/mol. The van der Waals surface area contributed by atoms with E-state index in [9.17, 15) is 9.59 Å². The van der Waals surface area contributed by atoms with Gasteiger partial charge in [-0.3, -0.25) is 9.59 Å². The Balaban J connectivity index is 1.64. The lowest BCUT2D eigenvalue weighted by Gasteiger charge is -2.10. The van der Waals surface area contributed by atoms with Crippen LogP contribution in [0.25, 0.3) is 0 Å². The molecule has 1 aliphatic rings. The number of hydrogen-bond acceptors (Lipinski definition) is 7. The highest BCUT2D eigenvalue weighted by Gasteiger charge is 2.32. The Bertz CT molecular complexity index is 1100. The van der Waals surface area contributed by atoms with Gasteiger partial charge in [0.15, 0.2) is 16.7 Å². The Morgan fingerprint density at radius 2 is 1.94 bits per heavy atom. The first-order chi connectivity index (χ1) is 15.3. The first-order valence-corrected chi connectivity index (χ1v) is 10.9. The maximum atomic E-state index is 12.4. The molecule has 1 heterocycles. The molecule has 8 nitrogen and oxygen atoms in total. The van der Waals surface area contributed by atoms with Crippen LogP contribution in [0.3, 0.4) is 0 Å². The maximum Gasteiger partial charge on any atom is 0.240 e. The van der Waals surface area contributed by atoms with Crippen molar-refractivity contribution in [1.29, 1.82) is 0 Å². The number of benzene rings is 2. The van der Waals surface area contributed by atoms with E-state index in [1.807, 2.05) is 19.1 Å². The molecule has 2 amide bonds. The summed E-state index contributed by atoms with van der Waals surface area (Å²) in [7, 11) is 3.13. The van der Waals surface area contributed by atoms with E-state index in [4.69, 9.17) is 21.1 Å². The average Bonchev–Trinajstić information content (AvgIpc) is 3.12. The number of hydrogen-bond donors (Lipinski definition) is 2. The molecular weight excluding hydrogens is 452 g/mol. The number of thioether (sulfide) groups is 1. The van der Waals surface area contributed by atoms with Crippen LogP contribution in [0.4, 0.5) is 5.69 Å². The Labute approximate surface area is 195 Å². The maximum absolute atomic E-state index is 12.4. The molecule has 1 saturated heterocycles. The van der Waals surface area contributed by atoms with Gasteiger partial charge in [-0.1, -0.05) is 29.4 Å². The molecule has 2 aromatic rings. The Hall–Kier alpha value is -3.04. The molecular formula is C22H23ClN4O4S.